The van der Waals surface area contributed by atoms with E-state index >= 15 is 0 Å². The van der Waals surface area contributed by atoms with E-state index in [0.717, 1.165) is 12.0 Å². The van der Waals surface area contributed by atoms with Gasteiger partial charge in [-0.05, 0) is 68.3 Å². The maximum Gasteiger partial charge on any atom is 0.345 e. The number of hydrogen-bond acceptors (Lipinski definition) is 4. The summed E-state index contributed by atoms with van der Waals surface area (Å²) in [7, 11) is 3.55. The van der Waals surface area contributed by atoms with Gasteiger partial charge in [-0.3, -0.25) is 9.69 Å². The van der Waals surface area contributed by atoms with E-state index in [4.69, 9.17) is 4.74 Å². The zero-order chi connectivity index (χ0) is 18.5. The van der Waals surface area contributed by atoms with E-state index in [2.05, 4.69) is 15.9 Å². The Morgan fingerprint density at radius 3 is 2.80 bits per heavy atom. The van der Waals surface area contributed by atoms with Crippen molar-refractivity contribution in [1.29, 1.82) is 0 Å². The second kappa shape index (κ2) is 6.53. The summed E-state index contributed by atoms with van der Waals surface area (Å²) >= 11 is 3.28. The number of hydrogen-bond donors (Lipinski definition) is 0. The molecule has 1 aromatic heterocycles. The van der Waals surface area contributed by atoms with Gasteiger partial charge in [-0.1, -0.05) is 0 Å². The molecule has 1 aliphatic heterocycles. The summed E-state index contributed by atoms with van der Waals surface area (Å²) in [6.07, 6.45) is 2.55. The smallest absolute Gasteiger partial charge is 0.345 e. The van der Waals surface area contributed by atoms with Gasteiger partial charge in [0.1, 0.15) is 11.4 Å². The van der Waals surface area contributed by atoms with Crippen molar-refractivity contribution in [2.45, 2.75) is 39.0 Å². The van der Waals surface area contributed by atoms with Crippen LogP contribution in [0, 0.1) is 5.82 Å². The predicted molar refractivity (Wildman–Crippen MR) is 97.5 cm³/mol. The first-order chi connectivity index (χ1) is 11.7. The van der Waals surface area contributed by atoms with Crippen molar-refractivity contribution in [1.82, 2.24) is 9.47 Å². The molecule has 2 heterocycles. The maximum absolute atomic E-state index is 14.3. The van der Waals surface area contributed by atoms with Crippen LogP contribution in [0.3, 0.4) is 0 Å². The molecule has 25 heavy (non-hydrogen) atoms. The van der Waals surface area contributed by atoms with E-state index in [0.29, 0.717) is 16.4 Å². The van der Waals surface area contributed by atoms with Gasteiger partial charge in [0.2, 0.25) is 5.43 Å². The Labute approximate surface area is 153 Å². The first-order valence-corrected chi connectivity index (χ1v) is 8.94. The molecule has 0 N–H and O–H groups in total. The monoisotopic (exact) mass is 410 g/mol. The Hall–Kier alpha value is -1.73. The number of pyridine rings is 1. The Balaban J connectivity index is 2.24. The normalized spacial score (nSPS) is 17.8. The van der Waals surface area contributed by atoms with Gasteiger partial charge in [-0.2, -0.15) is 0 Å². The van der Waals surface area contributed by atoms with Crippen molar-refractivity contribution in [2.24, 2.45) is 0 Å². The SMILES string of the molecule is CC(OC(=O)c1cn2c3c(c(Br)c(F)cc3c1=O)CCC2C)N(C)C. The van der Waals surface area contributed by atoms with Gasteiger partial charge in [-0.15, -0.1) is 0 Å². The molecule has 0 fully saturated rings. The number of halogens is 2. The fourth-order valence-electron chi connectivity index (χ4n) is 3.08. The number of benzene rings is 1. The van der Waals surface area contributed by atoms with Gasteiger partial charge in [0.25, 0.3) is 0 Å². The van der Waals surface area contributed by atoms with Crippen LogP contribution in [0.25, 0.3) is 10.9 Å². The lowest BCUT2D eigenvalue weighted by Crippen LogP contribution is -2.32. The second-order valence-corrected chi connectivity index (χ2v) is 7.48. The van der Waals surface area contributed by atoms with Crippen LogP contribution >= 0.6 is 15.9 Å². The molecule has 2 aromatic rings. The van der Waals surface area contributed by atoms with Crippen molar-refractivity contribution in [3.63, 3.8) is 0 Å². The van der Waals surface area contributed by atoms with Gasteiger partial charge >= 0.3 is 5.97 Å². The highest BCUT2D eigenvalue weighted by Crippen LogP contribution is 2.36. The second-order valence-electron chi connectivity index (χ2n) is 6.68. The molecule has 2 unspecified atom stereocenters. The largest absolute Gasteiger partial charge is 0.443 e. The summed E-state index contributed by atoms with van der Waals surface area (Å²) in [6.45, 7) is 3.74. The van der Waals surface area contributed by atoms with Crippen molar-refractivity contribution in [3.8, 4) is 0 Å². The van der Waals surface area contributed by atoms with Gasteiger partial charge in [0, 0.05) is 17.6 Å². The maximum atomic E-state index is 14.3. The Bertz CT molecular complexity index is 923. The van der Waals surface area contributed by atoms with Crippen molar-refractivity contribution in [2.75, 3.05) is 14.1 Å². The molecule has 1 aliphatic rings. The van der Waals surface area contributed by atoms with E-state index in [1.165, 1.54) is 6.07 Å². The molecule has 0 saturated heterocycles. The van der Waals surface area contributed by atoms with Crippen molar-refractivity contribution in [3.05, 3.63) is 43.9 Å². The first-order valence-electron chi connectivity index (χ1n) is 8.15. The molecule has 0 radical (unpaired) electrons. The quantitative estimate of drug-likeness (QED) is 0.574. The highest BCUT2D eigenvalue weighted by atomic mass is 79.9. The van der Waals surface area contributed by atoms with Crippen LogP contribution in [0.4, 0.5) is 4.39 Å². The molecule has 7 heteroatoms. The minimum absolute atomic E-state index is 0.0670. The van der Waals surface area contributed by atoms with Crippen LogP contribution in [0.1, 0.15) is 42.2 Å². The van der Waals surface area contributed by atoms with E-state index < -0.39 is 23.4 Å². The number of nitrogens with zero attached hydrogens (tertiary/aromatic N) is 2. The molecule has 5 nitrogen and oxygen atoms in total. The van der Waals surface area contributed by atoms with Gasteiger partial charge in [0.15, 0.2) is 6.23 Å². The molecule has 0 saturated carbocycles. The average molecular weight is 411 g/mol. The van der Waals surface area contributed by atoms with Crippen molar-refractivity contribution < 1.29 is 13.9 Å². The zero-order valence-electron chi connectivity index (χ0n) is 14.6. The first kappa shape index (κ1) is 18.1. The number of aryl methyl sites for hydroxylation is 1. The van der Waals surface area contributed by atoms with Crippen LogP contribution in [0.2, 0.25) is 0 Å². The Kier molecular flexibility index (Phi) is 4.72. The summed E-state index contributed by atoms with van der Waals surface area (Å²) in [5, 5.41) is 0.217. The third-order valence-electron chi connectivity index (χ3n) is 4.81. The van der Waals surface area contributed by atoms with Crippen LogP contribution in [-0.4, -0.2) is 35.8 Å². The molecular formula is C18H20BrFN2O3. The Morgan fingerprint density at radius 2 is 2.16 bits per heavy atom. The summed E-state index contributed by atoms with van der Waals surface area (Å²) in [5.41, 5.74) is 0.896. The third-order valence-corrected chi connectivity index (χ3v) is 5.67. The molecule has 1 aromatic carbocycles. The molecule has 0 bridgehead atoms. The third kappa shape index (κ3) is 3.00. The lowest BCUT2D eigenvalue weighted by molar-refractivity contribution is -0.00566. The molecule has 3 rings (SSSR count). The Morgan fingerprint density at radius 1 is 1.48 bits per heavy atom. The lowest BCUT2D eigenvalue weighted by Gasteiger charge is -2.27. The van der Waals surface area contributed by atoms with Gasteiger partial charge in [-0.25, -0.2) is 9.18 Å². The molecule has 2 atom stereocenters. The highest BCUT2D eigenvalue weighted by Gasteiger charge is 2.27. The molecule has 0 amide bonds. The molecule has 0 aliphatic carbocycles. The number of carbonyl (C=O) groups is 1. The number of ether oxygens (including phenoxy) is 1. The van der Waals surface area contributed by atoms with Crippen LogP contribution < -0.4 is 5.43 Å². The molecule has 134 valence electrons. The highest BCUT2D eigenvalue weighted by molar-refractivity contribution is 9.10. The van der Waals surface area contributed by atoms with Crippen LogP contribution in [0.15, 0.2) is 21.5 Å². The topological polar surface area (TPSA) is 51.5 Å². The van der Waals surface area contributed by atoms with Crippen LogP contribution in [-0.2, 0) is 11.2 Å². The van der Waals surface area contributed by atoms with E-state index in [-0.39, 0.29) is 17.0 Å². The summed E-state index contributed by atoms with van der Waals surface area (Å²) in [6, 6.07) is 1.30. The molecular weight excluding hydrogens is 391 g/mol. The van der Waals surface area contributed by atoms with E-state index in [9.17, 15) is 14.0 Å². The van der Waals surface area contributed by atoms with E-state index in [1.54, 1.807) is 32.1 Å². The average Bonchev–Trinajstić information content (AvgIpc) is 2.55. The van der Waals surface area contributed by atoms with Crippen molar-refractivity contribution >= 4 is 32.8 Å². The lowest BCUT2D eigenvalue weighted by atomic mass is 9.96. The fraction of sp³-hybridized carbons (Fsp3) is 0.444. The minimum Gasteiger partial charge on any atom is -0.443 e. The fourth-order valence-corrected chi connectivity index (χ4v) is 3.58. The standard InChI is InChI=1S/C18H20BrFN2O3/c1-9-5-6-11-15(19)14(20)7-12-16(11)22(9)8-13(17(12)23)18(24)25-10(2)21(3)4/h7-10H,5-6H2,1-4H3. The summed E-state index contributed by atoms with van der Waals surface area (Å²) in [4.78, 5) is 27.0. The number of carbonyl (C=O) groups excluding carboxylic acids is 1. The zero-order valence-corrected chi connectivity index (χ0v) is 16.2. The number of esters is 1. The number of rotatable bonds is 3. The summed E-state index contributed by atoms with van der Waals surface area (Å²) in [5.74, 6) is -1.19. The van der Waals surface area contributed by atoms with Crippen LogP contribution in [0.5, 0.6) is 0 Å². The van der Waals surface area contributed by atoms with Gasteiger partial charge < -0.3 is 9.30 Å². The predicted octanol–water partition coefficient (Wildman–Crippen LogP) is 3.47. The summed E-state index contributed by atoms with van der Waals surface area (Å²) < 4.78 is 21.9. The van der Waals surface area contributed by atoms with E-state index in [1.807, 2.05) is 11.5 Å². The molecule has 0 spiro atoms. The van der Waals surface area contributed by atoms with Gasteiger partial charge in [0.05, 0.1) is 9.99 Å². The minimum atomic E-state index is -0.695. The number of aromatic nitrogens is 1.